The van der Waals surface area contributed by atoms with Crippen LogP contribution in [0.5, 0.6) is 0 Å². The van der Waals surface area contributed by atoms with E-state index in [0.717, 1.165) is 0 Å². The molecule has 1 amide bonds. The molecule has 0 aliphatic carbocycles. The van der Waals surface area contributed by atoms with E-state index in [4.69, 9.17) is 0 Å². The molecule has 104 valence electrons. The van der Waals surface area contributed by atoms with Gasteiger partial charge in [0.15, 0.2) is 0 Å². The third kappa shape index (κ3) is 2.57. The number of carbonyl (C=O) groups is 1. The molecule has 3 aromatic rings. The number of amides is 1. The summed E-state index contributed by atoms with van der Waals surface area (Å²) in [4.78, 5) is 16.3. The molecule has 0 fully saturated rings. The first-order valence-electron chi connectivity index (χ1n) is 6.12. The van der Waals surface area contributed by atoms with Crippen LogP contribution in [0.4, 0.5) is 5.69 Å². The van der Waals surface area contributed by atoms with E-state index in [0.29, 0.717) is 11.3 Å². The number of anilines is 1. The Hall–Kier alpha value is -3.22. The zero-order valence-corrected chi connectivity index (χ0v) is 10.8. The van der Waals surface area contributed by atoms with Crippen LogP contribution < -0.4 is 10.2 Å². The summed E-state index contributed by atoms with van der Waals surface area (Å²) in [5.41, 5.74) is 1.03. The molecule has 0 unspecified atom stereocenters. The Morgan fingerprint density at radius 2 is 2.00 bits per heavy atom. The highest BCUT2D eigenvalue weighted by Crippen LogP contribution is 2.19. The van der Waals surface area contributed by atoms with Crippen LogP contribution in [0.1, 0.15) is 10.5 Å². The summed E-state index contributed by atoms with van der Waals surface area (Å²) in [5, 5.41) is 17.8. The predicted molar refractivity (Wildman–Crippen MR) is 73.1 cm³/mol. The lowest BCUT2D eigenvalue weighted by molar-refractivity contribution is -0.793. The van der Waals surface area contributed by atoms with Crippen LogP contribution in [0, 0.1) is 5.21 Å². The molecule has 0 spiro atoms. The van der Waals surface area contributed by atoms with Crippen molar-refractivity contribution in [2.75, 3.05) is 5.32 Å². The number of nitrogens with one attached hydrogen (secondary N) is 1. The first-order chi connectivity index (χ1) is 10.3. The first kappa shape index (κ1) is 12.8. The highest BCUT2D eigenvalue weighted by Gasteiger charge is 2.27. The van der Waals surface area contributed by atoms with Crippen LogP contribution in [0.3, 0.4) is 0 Å². The van der Waals surface area contributed by atoms with E-state index in [1.807, 2.05) is 6.07 Å². The van der Waals surface area contributed by atoms with Gasteiger partial charge in [-0.3, -0.25) is 14.4 Å². The van der Waals surface area contributed by atoms with Gasteiger partial charge in [-0.1, -0.05) is 30.3 Å². The maximum absolute atomic E-state index is 12.2. The zero-order chi connectivity index (χ0) is 14.7. The molecule has 2 aromatic heterocycles. The molecule has 0 aliphatic heterocycles. The number of hydrogen-bond acceptors (Lipinski definition) is 5. The molecule has 7 heteroatoms. The lowest BCUT2D eigenvalue weighted by Gasteiger charge is -2.01. The van der Waals surface area contributed by atoms with Crippen molar-refractivity contribution in [3.63, 3.8) is 0 Å². The molecule has 0 aliphatic rings. The van der Waals surface area contributed by atoms with E-state index < -0.39 is 5.91 Å². The average Bonchev–Trinajstić information content (AvgIpc) is 2.91. The molecule has 21 heavy (non-hydrogen) atoms. The number of carbonyl (C=O) groups excluding carboxylic acids is 1. The van der Waals surface area contributed by atoms with Crippen molar-refractivity contribution >= 4 is 11.6 Å². The van der Waals surface area contributed by atoms with Gasteiger partial charge in [0.05, 0.1) is 17.0 Å². The Morgan fingerprint density at radius 1 is 1.19 bits per heavy atom. The summed E-state index contributed by atoms with van der Waals surface area (Å²) in [6.45, 7) is 0. The first-order valence-corrected chi connectivity index (χ1v) is 6.12. The summed E-state index contributed by atoms with van der Waals surface area (Å²) < 4.78 is 4.54. The fourth-order valence-electron chi connectivity index (χ4n) is 1.86. The number of rotatable bonds is 3. The molecule has 0 saturated carbocycles. The van der Waals surface area contributed by atoms with Crippen LogP contribution in [0.15, 0.2) is 59.5 Å². The molecule has 1 N–H and O–H groups in total. The Kier molecular flexibility index (Phi) is 3.30. The molecule has 0 radical (unpaired) electrons. The molecule has 0 atom stereocenters. The Morgan fingerprint density at radius 3 is 2.71 bits per heavy atom. The van der Waals surface area contributed by atoms with Crippen molar-refractivity contribution in [2.24, 2.45) is 0 Å². The number of aromatic nitrogens is 3. The maximum atomic E-state index is 12.2. The Bertz CT molecular complexity index is 756. The number of benzene rings is 1. The SMILES string of the molecule is O=C(Nc1cccnc1)c1no[n+]([O-])c1-c1ccccc1. The Balaban J connectivity index is 1.95. The van der Waals surface area contributed by atoms with Gasteiger partial charge in [0.25, 0.3) is 0 Å². The van der Waals surface area contributed by atoms with Crippen molar-refractivity contribution < 1.29 is 14.3 Å². The fourth-order valence-corrected chi connectivity index (χ4v) is 1.86. The van der Waals surface area contributed by atoms with Gasteiger partial charge in [-0.25, -0.2) is 0 Å². The predicted octanol–water partition coefficient (Wildman–Crippen LogP) is 1.62. The third-order valence-electron chi connectivity index (χ3n) is 2.79. The summed E-state index contributed by atoms with van der Waals surface area (Å²) >= 11 is 0. The molecule has 7 nitrogen and oxygen atoms in total. The average molecular weight is 282 g/mol. The highest BCUT2D eigenvalue weighted by atomic mass is 16.8. The molecule has 3 rings (SSSR count). The second-order valence-electron chi connectivity index (χ2n) is 4.19. The van der Waals surface area contributed by atoms with E-state index in [1.54, 1.807) is 42.6 Å². The molecule has 1 aromatic carbocycles. The highest BCUT2D eigenvalue weighted by molar-refractivity contribution is 6.05. The van der Waals surface area contributed by atoms with Crippen LogP contribution in [0.25, 0.3) is 11.3 Å². The minimum Gasteiger partial charge on any atom is -0.359 e. The van der Waals surface area contributed by atoms with Crippen LogP contribution in [0.2, 0.25) is 0 Å². The standard InChI is InChI=1S/C14H10N4O3/c19-14(16-11-7-4-8-15-9-11)12-13(18(20)21-17-12)10-5-2-1-3-6-10/h1-9H,(H,16,19). The van der Waals surface area contributed by atoms with Crippen LogP contribution in [-0.4, -0.2) is 16.0 Å². The van der Waals surface area contributed by atoms with Crippen molar-refractivity contribution in [1.82, 2.24) is 10.1 Å². The smallest absolute Gasteiger partial charge is 0.313 e. The summed E-state index contributed by atoms with van der Waals surface area (Å²) in [6.07, 6.45) is 3.08. The quantitative estimate of drug-likeness (QED) is 0.736. The minimum absolute atomic E-state index is 0.0667. The Labute approximate surface area is 119 Å². The van der Waals surface area contributed by atoms with Gasteiger partial charge in [-0.2, -0.15) is 0 Å². The maximum Gasteiger partial charge on any atom is 0.313 e. The minimum atomic E-state index is -0.541. The van der Waals surface area contributed by atoms with Crippen LogP contribution in [-0.2, 0) is 0 Å². The molecule has 0 bridgehead atoms. The van der Waals surface area contributed by atoms with E-state index >= 15 is 0 Å². The zero-order valence-electron chi connectivity index (χ0n) is 10.8. The van der Waals surface area contributed by atoms with Gasteiger partial charge in [-0.05, 0) is 17.0 Å². The lowest BCUT2D eigenvalue weighted by atomic mass is 10.1. The third-order valence-corrected chi connectivity index (χ3v) is 2.79. The van der Waals surface area contributed by atoms with Crippen molar-refractivity contribution in [2.45, 2.75) is 0 Å². The number of hydrogen-bond donors (Lipinski definition) is 1. The molecule has 0 saturated heterocycles. The van der Waals surface area contributed by atoms with Gasteiger partial charge >= 0.3 is 11.6 Å². The number of nitrogens with zero attached hydrogens (tertiary/aromatic N) is 3. The largest absolute Gasteiger partial charge is 0.359 e. The van der Waals surface area contributed by atoms with E-state index in [-0.39, 0.29) is 16.3 Å². The molecular formula is C14H10N4O3. The normalized spacial score (nSPS) is 10.3. The van der Waals surface area contributed by atoms with E-state index in [2.05, 4.69) is 20.1 Å². The molecular weight excluding hydrogens is 272 g/mol. The second kappa shape index (κ2) is 5.41. The summed E-state index contributed by atoms with van der Waals surface area (Å²) in [7, 11) is 0. The van der Waals surface area contributed by atoms with Crippen LogP contribution >= 0.6 is 0 Å². The van der Waals surface area contributed by atoms with Crippen molar-refractivity contribution in [1.29, 1.82) is 0 Å². The van der Waals surface area contributed by atoms with Gasteiger partial charge in [0, 0.05) is 11.8 Å². The van der Waals surface area contributed by atoms with E-state index in [9.17, 15) is 10.0 Å². The summed E-state index contributed by atoms with van der Waals surface area (Å²) in [5.74, 6) is -0.541. The van der Waals surface area contributed by atoms with E-state index in [1.165, 1.54) is 6.20 Å². The van der Waals surface area contributed by atoms with Gasteiger partial charge < -0.3 is 10.5 Å². The van der Waals surface area contributed by atoms with Gasteiger partial charge in [0.2, 0.25) is 5.69 Å². The number of pyridine rings is 1. The lowest BCUT2D eigenvalue weighted by Crippen LogP contribution is -2.26. The van der Waals surface area contributed by atoms with Crippen molar-refractivity contribution in [3.8, 4) is 11.3 Å². The topological polar surface area (TPSA) is 95.0 Å². The monoisotopic (exact) mass is 282 g/mol. The fraction of sp³-hybridized carbons (Fsp3) is 0. The van der Waals surface area contributed by atoms with Gasteiger partial charge in [-0.15, -0.1) is 0 Å². The summed E-state index contributed by atoms with van der Waals surface area (Å²) in [6, 6.07) is 12.1. The van der Waals surface area contributed by atoms with Crippen molar-refractivity contribution in [3.05, 3.63) is 65.8 Å². The second-order valence-corrected chi connectivity index (χ2v) is 4.19. The molecule has 2 heterocycles. The van der Waals surface area contributed by atoms with Gasteiger partial charge in [0.1, 0.15) is 0 Å².